The van der Waals surface area contributed by atoms with Crippen LogP contribution in [-0.4, -0.2) is 33.8 Å². The highest BCUT2D eigenvalue weighted by atomic mass is 32.2. The van der Waals surface area contributed by atoms with Crippen molar-refractivity contribution in [3.8, 4) is 0 Å². The van der Waals surface area contributed by atoms with Crippen LogP contribution in [0.1, 0.15) is 28.0 Å². The van der Waals surface area contributed by atoms with Gasteiger partial charge in [0.05, 0.1) is 10.9 Å². The van der Waals surface area contributed by atoms with E-state index in [1.165, 1.54) is 0 Å². The lowest BCUT2D eigenvalue weighted by atomic mass is 10.0. The summed E-state index contributed by atoms with van der Waals surface area (Å²) >= 11 is 3.41. The maximum Gasteiger partial charge on any atom is 0.433 e. The molecule has 1 aromatic heterocycles. The predicted molar refractivity (Wildman–Crippen MR) is 75.0 cm³/mol. The summed E-state index contributed by atoms with van der Waals surface area (Å²) in [5.74, 6) is 3.13. The molecule has 1 unspecified atom stereocenters. The molecule has 0 spiro atoms. The van der Waals surface area contributed by atoms with E-state index in [2.05, 4.69) is 15.3 Å². The van der Waals surface area contributed by atoms with Crippen LogP contribution in [0.25, 0.3) is 0 Å². The fourth-order valence-corrected chi connectivity index (χ4v) is 4.98. The van der Waals surface area contributed by atoms with Crippen molar-refractivity contribution in [2.24, 2.45) is 0 Å². The SMILES string of the molecule is FC(F)(F)c1nc(C2CSCCS2)nc2c1CNCC2. The van der Waals surface area contributed by atoms with Gasteiger partial charge in [0.1, 0.15) is 5.82 Å². The van der Waals surface area contributed by atoms with Gasteiger partial charge in [0.15, 0.2) is 5.69 Å². The van der Waals surface area contributed by atoms with E-state index in [9.17, 15) is 13.2 Å². The molecule has 0 aromatic carbocycles. The summed E-state index contributed by atoms with van der Waals surface area (Å²) in [6, 6.07) is 0. The van der Waals surface area contributed by atoms with E-state index in [-0.39, 0.29) is 17.4 Å². The standard InChI is InChI=1S/C12H14F3N3S2/c13-12(14,15)10-7-5-16-2-1-8(7)17-11(18-10)9-6-19-3-4-20-9/h9,16H,1-6H2. The third-order valence-electron chi connectivity index (χ3n) is 3.32. The van der Waals surface area contributed by atoms with Gasteiger partial charge in [0.2, 0.25) is 0 Å². The Labute approximate surface area is 123 Å². The minimum absolute atomic E-state index is 0.0185. The molecule has 110 valence electrons. The molecule has 1 saturated heterocycles. The second-order valence-electron chi connectivity index (χ2n) is 4.71. The van der Waals surface area contributed by atoms with Crippen LogP contribution in [0, 0.1) is 0 Å². The van der Waals surface area contributed by atoms with Crippen LogP contribution in [-0.2, 0) is 19.1 Å². The van der Waals surface area contributed by atoms with E-state index in [4.69, 9.17) is 0 Å². The molecule has 20 heavy (non-hydrogen) atoms. The first-order chi connectivity index (χ1) is 9.55. The van der Waals surface area contributed by atoms with Crippen molar-refractivity contribution in [2.75, 3.05) is 23.8 Å². The molecule has 2 aliphatic heterocycles. The van der Waals surface area contributed by atoms with Crippen molar-refractivity contribution in [1.82, 2.24) is 15.3 Å². The van der Waals surface area contributed by atoms with Crippen LogP contribution in [0.15, 0.2) is 0 Å². The fraction of sp³-hybridized carbons (Fsp3) is 0.667. The summed E-state index contributed by atoms with van der Waals surface area (Å²) in [6.07, 6.45) is -3.87. The summed E-state index contributed by atoms with van der Waals surface area (Å²) in [5, 5.41) is 2.94. The van der Waals surface area contributed by atoms with Gasteiger partial charge in [-0.3, -0.25) is 0 Å². The van der Waals surface area contributed by atoms with Crippen molar-refractivity contribution in [3.05, 3.63) is 22.8 Å². The van der Waals surface area contributed by atoms with Gasteiger partial charge in [-0.25, -0.2) is 9.97 Å². The average Bonchev–Trinajstić information content (AvgIpc) is 2.46. The number of nitrogens with zero attached hydrogens (tertiary/aromatic N) is 2. The first kappa shape index (κ1) is 14.5. The molecule has 0 amide bonds. The second kappa shape index (κ2) is 5.73. The highest BCUT2D eigenvalue weighted by Gasteiger charge is 2.38. The summed E-state index contributed by atoms with van der Waals surface area (Å²) in [7, 11) is 0. The molecule has 8 heteroatoms. The van der Waals surface area contributed by atoms with Gasteiger partial charge in [-0.15, -0.1) is 11.8 Å². The minimum atomic E-state index is -4.41. The van der Waals surface area contributed by atoms with Gasteiger partial charge >= 0.3 is 6.18 Å². The summed E-state index contributed by atoms with van der Waals surface area (Å²) in [6.45, 7) is 0.879. The Morgan fingerprint density at radius 1 is 1.20 bits per heavy atom. The van der Waals surface area contributed by atoms with Gasteiger partial charge in [0, 0.05) is 42.3 Å². The van der Waals surface area contributed by atoms with Crippen LogP contribution in [0.3, 0.4) is 0 Å². The predicted octanol–water partition coefficient (Wildman–Crippen LogP) is 2.66. The van der Waals surface area contributed by atoms with Crippen LogP contribution >= 0.6 is 23.5 Å². The number of hydrogen-bond donors (Lipinski definition) is 1. The monoisotopic (exact) mass is 321 g/mol. The normalized spacial score (nSPS) is 23.4. The summed E-state index contributed by atoms with van der Waals surface area (Å²) in [5.41, 5.74) is 0.0408. The zero-order valence-electron chi connectivity index (χ0n) is 10.7. The van der Waals surface area contributed by atoms with Gasteiger partial charge in [-0.2, -0.15) is 24.9 Å². The molecule has 3 nitrogen and oxygen atoms in total. The van der Waals surface area contributed by atoms with Crippen LogP contribution in [0.4, 0.5) is 13.2 Å². The van der Waals surface area contributed by atoms with E-state index in [1.54, 1.807) is 23.5 Å². The molecule has 0 aliphatic carbocycles. The van der Waals surface area contributed by atoms with Crippen molar-refractivity contribution in [3.63, 3.8) is 0 Å². The molecule has 0 bridgehead atoms. The summed E-state index contributed by atoms with van der Waals surface area (Å²) in [4.78, 5) is 8.30. The molecule has 0 saturated carbocycles. The highest BCUT2D eigenvalue weighted by Crippen LogP contribution is 2.38. The van der Waals surface area contributed by atoms with Gasteiger partial charge in [-0.05, 0) is 0 Å². The number of nitrogens with one attached hydrogen (secondary N) is 1. The third kappa shape index (κ3) is 2.92. The van der Waals surface area contributed by atoms with Crippen LogP contribution in [0.2, 0.25) is 0 Å². The van der Waals surface area contributed by atoms with Crippen LogP contribution in [0.5, 0.6) is 0 Å². The molecular formula is C12H14F3N3S2. The number of alkyl halides is 3. The Hall–Kier alpha value is -0.470. The Balaban J connectivity index is 2.03. The lowest BCUT2D eigenvalue weighted by Gasteiger charge is -2.25. The maximum absolute atomic E-state index is 13.2. The highest BCUT2D eigenvalue weighted by molar-refractivity contribution is 8.06. The number of halogens is 3. The molecule has 0 radical (unpaired) electrons. The molecule has 1 aromatic rings. The van der Waals surface area contributed by atoms with E-state index in [0.717, 1.165) is 17.3 Å². The van der Waals surface area contributed by atoms with Crippen molar-refractivity contribution in [2.45, 2.75) is 24.4 Å². The number of aromatic nitrogens is 2. The van der Waals surface area contributed by atoms with E-state index < -0.39 is 11.9 Å². The topological polar surface area (TPSA) is 37.8 Å². The molecule has 1 fully saturated rings. The smallest absolute Gasteiger partial charge is 0.312 e. The molecule has 1 atom stereocenters. The van der Waals surface area contributed by atoms with Gasteiger partial charge in [-0.1, -0.05) is 0 Å². The first-order valence-electron chi connectivity index (χ1n) is 6.42. The van der Waals surface area contributed by atoms with E-state index in [1.807, 2.05) is 0 Å². The lowest BCUT2D eigenvalue weighted by molar-refractivity contribution is -0.142. The van der Waals surface area contributed by atoms with Gasteiger partial charge in [0.25, 0.3) is 0 Å². The van der Waals surface area contributed by atoms with Crippen molar-refractivity contribution >= 4 is 23.5 Å². The van der Waals surface area contributed by atoms with Crippen molar-refractivity contribution < 1.29 is 13.2 Å². The third-order valence-corrected chi connectivity index (χ3v) is 6.07. The second-order valence-corrected chi connectivity index (χ2v) is 7.17. The number of rotatable bonds is 1. The quantitative estimate of drug-likeness (QED) is 0.861. The number of thioether (sulfide) groups is 2. The Morgan fingerprint density at radius 3 is 2.75 bits per heavy atom. The zero-order valence-corrected chi connectivity index (χ0v) is 12.3. The minimum Gasteiger partial charge on any atom is -0.312 e. The van der Waals surface area contributed by atoms with Crippen LogP contribution < -0.4 is 5.32 Å². The number of fused-ring (bicyclic) bond motifs is 1. The largest absolute Gasteiger partial charge is 0.433 e. The van der Waals surface area contributed by atoms with E-state index in [0.29, 0.717) is 24.5 Å². The van der Waals surface area contributed by atoms with Gasteiger partial charge < -0.3 is 5.32 Å². The molecule has 3 heterocycles. The molecule has 2 aliphatic rings. The Morgan fingerprint density at radius 2 is 2.05 bits per heavy atom. The lowest BCUT2D eigenvalue weighted by Crippen LogP contribution is -2.30. The Bertz CT molecular complexity index is 501. The van der Waals surface area contributed by atoms with E-state index >= 15 is 0 Å². The number of hydrogen-bond acceptors (Lipinski definition) is 5. The molecular weight excluding hydrogens is 307 g/mol. The Kier molecular flexibility index (Phi) is 4.14. The zero-order chi connectivity index (χ0) is 14.2. The fourth-order valence-electron chi connectivity index (χ4n) is 2.38. The van der Waals surface area contributed by atoms with Crippen molar-refractivity contribution in [1.29, 1.82) is 0 Å². The molecule has 3 rings (SSSR count). The molecule has 1 N–H and O–H groups in total. The maximum atomic E-state index is 13.2. The summed E-state index contributed by atoms with van der Waals surface area (Å²) < 4.78 is 39.6. The average molecular weight is 321 g/mol. The first-order valence-corrected chi connectivity index (χ1v) is 8.63.